The van der Waals surface area contributed by atoms with Gasteiger partial charge in [0.25, 0.3) is 5.91 Å². The Bertz CT molecular complexity index is 1380. The molecule has 4 aromatic carbocycles. The molecule has 1 heterocycles. The van der Waals surface area contributed by atoms with Crippen molar-refractivity contribution < 1.29 is 9.53 Å². The van der Waals surface area contributed by atoms with Crippen LogP contribution in [-0.2, 0) is 11.3 Å². The van der Waals surface area contributed by atoms with E-state index in [1.807, 2.05) is 60.7 Å². The average molecular weight is 484 g/mol. The lowest BCUT2D eigenvalue weighted by Crippen LogP contribution is -2.35. The summed E-state index contributed by atoms with van der Waals surface area (Å²) in [6.07, 6.45) is 0.644. The fourth-order valence-corrected chi connectivity index (χ4v) is 4.62. The minimum atomic E-state index is -0.178. The highest BCUT2D eigenvalue weighted by Crippen LogP contribution is 2.34. The zero-order chi connectivity index (χ0) is 24.2. The van der Waals surface area contributed by atoms with Crippen LogP contribution in [0.5, 0.6) is 5.75 Å². The number of amides is 1. The second-order valence-electron chi connectivity index (χ2n) is 8.57. The summed E-state index contributed by atoms with van der Waals surface area (Å²) in [6.45, 7) is 0.724. The number of hydrazone groups is 1. The number of benzene rings is 4. The quantitative estimate of drug-likeness (QED) is 0.352. The number of hydrogen-bond donors (Lipinski definition) is 1. The van der Waals surface area contributed by atoms with Gasteiger partial charge in [-0.2, -0.15) is 5.10 Å². The van der Waals surface area contributed by atoms with Crippen molar-refractivity contribution in [2.45, 2.75) is 19.0 Å². The summed E-state index contributed by atoms with van der Waals surface area (Å²) in [5.74, 6) is 0.701. The smallest absolute Gasteiger partial charge is 0.257 e. The molecular weight excluding hydrogens is 458 g/mol. The first-order valence-electron chi connectivity index (χ1n) is 11.6. The van der Waals surface area contributed by atoms with Gasteiger partial charge >= 0.3 is 0 Å². The maximum Gasteiger partial charge on any atom is 0.257 e. The monoisotopic (exact) mass is 483 g/mol. The third kappa shape index (κ3) is 5.21. The maximum absolute atomic E-state index is 13.3. The highest BCUT2D eigenvalue weighted by atomic mass is 35.5. The van der Waals surface area contributed by atoms with Gasteiger partial charge in [-0.05, 0) is 57.8 Å². The number of carbonyl (C=O) groups is 1. The van der Waals surface area contributed by atoms with Crippen molar-refractivity contribution >= 4 is 34.0 Å². The number of halogens is 1. The molecule has 1 N–H and O–H groups in total. The minimum Gasteiger partial charge on any atom is -0.497 e. The Kier molecular flexibility index (Phi) is 6.80. The number of hydrogen-bond acceptors (Lipinski definition) is 4. The zero-order valence-electron chi connectivity index (χ0n) is 19.4. The molecule has 35 heavy (non-hydrogen) atoms. The molecule has 1 amide bonds. The van der Waals surface area contributed by atoms with E-state index in [0.717, 1.165) is 33.5 Å². The van der Waals surface area contributed by atoms with Gasteiger partial charge in [-0.25, -0.2) is 5.01 Å². The summed E-state index contributed by atoms with van der Waals surface area (Å²) in [7, 11) is 1.65. The van der Waals surface area contributed by atoms with Gasteiger partial charge in [-0.15, -0.1) is 0 Å². The Labute approximate surface area is 210 Å². The van der Waals surface area contributed by atoms with Crippen molar-refractivity contribution in [1.29, 1.82) is 0 Å². The fraction of sp³-hybridized carbons (Fsp3) is 0.172. The van der Waals surface area contributed by atoms with Crippen molar-refractivity contribution in [3.8, 4) is 5.75 Å². The molecule has 0 saturated heterocycles. The Morgan fingerprint density at radius 1 is 1.00 bits per heavy atom. The molecule has 4 aromatic rings. The van der Waals surface area contributed by atoms with E-state index in [2.05, 4.69) is 35.6 Å². The van der Waals surface area contributed by atoms with E-state index in [0.29, 0.717) is 18.0 Å². The van der Waals surface area contributed by atoms with Crippen LogP contribution >= 0.6 is 11.6 Å². The molecule has 0 radical (unpaired) electrons. The lowest BCUT2D eigenvalue weighted by atomic mass is 9.97. The van der Waals surface area contributed by atoms with E-state index < -0.39 is 0 Å². The SMILES string of the molecule is COc1ccc(C2CC(c3ccc4ccccc4c3)=NN2C(=O)CNCc2cccc(Cl)c2)cc1. The molecule has 0 aromatic heterocycles. The van der Waals surface area contributed by atoms with Gasteiger partial charge in [0.05, 0.1) is 25.4 Å². The van der Waals surface area contributed by atoms with E-state index >= 15 is 0 Å². The average Bonchev–Trinajstić information content (AvgIpc) is 3.34. The fourth-order valence-electron chi connectivity index (χ4n) is 4.41. The number of nitrogens with one attached hydrogen (secondary N) is 1. The lowest BCUT2D eigenvalue weighted by molar-refractivity contribution is -0.132. The van der Waals surface area contributed by atoms with Crippen LogP contribution in [0.2, 0.25) is 5.02 Å². The summed E-state index contributed by atoms with van der Waals surface area (Å²) in [5.41, 5.74) is 3.98. The first-order valence-corrected chi connectivity index (χ1v) is 12.0. The molecule has 176 valence electrons. The predicted octanol–water partition coefficient (Wildman–Crippen LogP) is 5.97. The third-order valence-corrected chi connectivity index (χ3v) is 6.48. The minimum absolute atomic E-state index is 0.0800. The zero-order valence-corrected chi connectivity index (χ0v) is 20.2. The van der Waals surface area contributed by atoms with Gasteiger partial charge in [0, 0.05) is 18.0 Å². The van der Waals surface area contributed by atoms with Gasteiger partial charge < -0.3 is 10.1 Å². The molecule has 1 aliphatic heterocycles. The number of carbonyl (C=O) groups excluding carboxylic acids is 1. The summed E-state index contributed by atoms with van der Waals surface area (Å²) in [6, 6.07) is 29.9. The molecule has 0 bridgehead atoms. The second-order valence-corrected chi connectivity index (χ2v) is 9.01. The summed E-state index contributed by atoms with van der Waals surface area (Å²) in [4.78, 5) is 13.3. The molecule has 0 saturated carbocycles. The number of rotatable bonds is 7. The van der Waals surface area contributed by atoms with Crippen LogP contribution in [0, 0.1) is 0 Å². The second kappa shape index (κ2) is 10.3. The molecule has 0 fully saturated rings. The topological polar surface area (TPSA) is 53.9 Å². The number of methoxy groups -OCH3 is 1. The first-order chi connectivity index (χ1) is 17.1. The molecule has 5 nitrogen and oxygen atoms in total. The Balaban J connectivity index is 1.38. The largest absolute Gasteiger partial charge is 0.497 e. The Morgan fingerprint density at radius 3 is 2.57 bits per heavy atom. The van der Waals surface area contributed by atoms with Gasteiger partial charge in [0.15, 0.2) is 0 Å². The van der Waals surface area contributed by atoms with Crippen molar-refractivity contribution in [2.24, 2.45) is 5.10 Å². The van der Waals surface area contributed by atoms with Crippen LogP contribution in [0.15, 0.2) is 96.1 Å². The highest BCUT2D eigenvalue weighted by molar-refractivity contribution is 6.30. The standard InChI is InChI=1S/C29H26ClN3O2/c1-35-26-13-11-22(12-14-26)28-17-27(24-10-9-21-6-2-3-7-23(21)16-24)32-33(28)29(34)19-31-18-20-5-4-8-25(30)15-20/h2-16,28,31H,17-19H2,1H3. The molecule has 1 unspecified atom stereocenters. The third-order valence-electron chi connectivity index (χ3n) is 6.24. The van der Waals surface area contributed by atoms with Crippen LogP contribution in [-0.4, -0.2) is 30.3 Å². The van der Waals surface area contributed by atoms with Crippen molar-refractivity contribution in [1.82, 2.24) is 10.3 Å². The summed E-state index contributed by atoms with van der Waals surface area (Å²) in [5, 5.41) is 12.7. The van der Waals surface area contributed by atoms with Crippen LogP contribution < -0.4 is 10.1 Å². The normalized spacial score (nSPS) is 15.3. The number of nitrogens with zero attached hydrogens (tertiary/aromatic N) is 2. The van der Waals surface area contributed by atoms with E-state index in [4.69, 9.17) is 21.4 Å². The van der Waals surface area contributed by atoms with E-state index in [1.165, 1.54) is 5.39 Å². The Morgan fingerprint density at radius 2 is 1.80 bits per heavy atom. The van der Waals surface area contributed by atoms with E-state index in [9.17, 15) is 4.79 Å². The first kappa shape index (κ1) is 23.1. The van der Waals surface area contributed by atoms with Gasteiger partial charge in [-0.1, -0.05) is 72.3 Å². The lowest BCUT2D eigenvalue weighted by Gasteiger charge is -2.22. The van der Waals surface area contributed by atoms with E-state index in [1.54, 1.807) is 12.1 Å². The summed E-state index contributed by atoms with van der Waals surface area (Å²) >= 11 is 6.08. The number of ether oxygens (including phenoxy) is 1. The van der Waals surface area contributed by atoms with Crippen LogP contribution in [0.1, 0.15) is 29.2 Å². The van der Waals surface area contributed by atoms with Crippen LogP contribution in [0.4, 0.5) is 0 Å². The summed E-state index contributed by atoms with van der Waals surface area (Å²) < 4.78 is 5.31. The highest BCUT2D eigenvalue weighted by Gasteiger charge is 2.33. The molecule has 0 aliphatic carbocycles. The Hall–Kier alpha value is -3.67. The van der Waals surface area contributed by atoms with Crippen molar-refractivity contribution in [3.63, 3.8) is 0 Å². The van der Waals surface area contributed by atoms with Gasteiger partial charge in [0.1, 0.15) is 5.75 Å². The molecule has 5 rings (SSSR count). The predicted molar refractivity (Wildman–Crippen MR) is 141 cm³/mol. The van der Waals surface area contributed by atoms with Gasteiger partial charge in [0.2, 0.25) is 0 Å². The van der Waals surface area contributed by atoms with Crippen LogP contribution in [0.3, 0.4) is 0 Å². The molecule has 1 atom stereocenters. The maximum atomic E-state index is 13.3. The van der Waals surface area contributed by atoms with Crippen molar-refractivity contribution in [2.75, 3.05) is 13.7 Å². The number of fused-ring (bicyclic) bond motifs is 1. The van der Waals surface area contributed by atoms with Crippen LogP contribution in [0.25, 0.3) is 10.8 Å². The van der Waals surface area contributed by atoms with Gasteiger partial charge in [-0.3, -0.25) is 4.79 Å². The molecule has 6 heteroatoms. The molecular formula is C29H26ClN3O2. The van der Waals surface area contributed by atoms with Crippen molar-refractivity contribution in [3.05, 3.63) is 113 Å². The molecule has 1 aliphatic rings. The molecule has 0 spiro atoms. The van der Waals surface area contributed by atoms with E-state index in [-0.39, 0.29) is 18.5 Å².